The van der Waals surface area contributed by atoms with Crippen LogP contribution >= 0.6 is 0 Å². The molecule has 0 unspecified atom stereocenters. The fourth-order valence-corrected chi connectivity index (χ4v) is 2.16. The Balaban J connectivity index is 1.52. The number of hydrogen-bond donors (Lipinski definition) is 2. The Bertz CT molecular complexity index is 681. The van der Waals surface area contributed by atoms with Gasteiger partial charge in [-0.15, -0.1) is 0 Å². The SMILES string of the molecule is FC1=C(NCCc2ccccc2)N=C(OCc2ccco2)NC1. The van der Waals surface area contributed by atoms with Crippen LogP contribution < -0.4 is 10.6 Å². The van der Waals surface area contributed by atoms with Crippen LogP contribution in [-0.4, -0.2) is 19.1 Å². The number of nitrogens with one attached hydrogen (secondary N) is 2. The lowest BCUT2D eigenvalue weighted by molar-refractivity contribution is 0.243. The van der Waals surface area contributed by atoms with Gasteiger partial charge in [0.1, 0.15) is 12.4 Å². The van der Waals surface area contributed by atoms with Gasteiger partial charge in [0, 0.05) is 6.54 Å². The first kappa shape index (κ1) is 15.1. The maximum atomic E-state index is 13.8. The minimum atomic E-state index is -0.330. The topological polar surface area (TPSA) is 58.8 Å². The lowest BCUT2D eigenvalue weighted by atomic mass is 10.1. The average Bonchev–Trinajstić information content (AvgIpc) is 3.10. The average molecular weight is 315 g/mol. The van der Waals surface area contributed by atoms with Crippen molar-refractivity contribution in [3.05, 3.63) is 71.7 Å². The van der Waals surface area contributed by atoms with E-state index in [9.17, 15) is 4.39 Å². The predicted molar refractivity (Wildman–Crippen MR) is 85.2 cm³/mol. The minimum absolute atomic E-state index is 0.0602. The van der Waals surface area contributed by atoms with Crippen LogP contribution in [0.25, 0.3) is 0 Å². The molecule has 1 aliphatic rings. The van der Waals surface area contributed by atoms with Crippen molar-refractivity contribution < 1.29 is 13.5 Å². The number of halogens is 1. The van der Waals surface area contributed by atoms with Gasteiger partial charge in [0.2, 0.25) is 0 Å². The molecule has 1 aromatic carbocycles. The highest BCUT2D eigenvalue weighted by Gasteiger charge is 2.15. The smallest absolute Gasteiger partial charge is 0.292 e. The molecule has 5 nitrogen and oxygen atoms in total. The molecule has 0 saturated heterocycles. The van der Waals surface area contributed by atoms with Crippen molar-refractivity contribution in [2.45, 2.75) is 13.0 Å². The lowest BCUT2D eigenvalue weighted by Gasteiger charge is -2.17. The molecule has 0 saturated carbocycles. The van der Waals surface area contributed by atoms with E-state index in [1.54, 1.807) is 18.4 Å². The third-order valence-electron chi connectivity index (χ3n) is 3.35. The Morgan fingerprint density at radius 3 is 2.87 bits per heavy atom. The normalized spacial score (nSPS) is 14.2. The van der Waals surface area contributed by atoms with Gasteiger partial charge in [0.25, 0.3) is 6.02 Å². The summed E-state index contributed by atoms with van der Waals surface area (Å²) < 4.78 is 24.5. The molecule has 0 bridgehead atoms. The maximum Gasteiger partial charge on any atom is 0.292 e. The second-order valence-electron chi connectivity index (χ2n) is 5.05. The summed E-state index contributed by atoms with van der Waals surface area (Å²) in [6.45, 7) is 0.907. The van der Waals surface area contributed by atoms with Crippen LogP contribution in [0.5, 0.6) is 0 Å². The van der Waals surface area contributed by atoms with Crippen LogP contribution in [0.15, 0.2) is 69.8 Å². The van der Waals surface area contributed by atoms with Crippen molar-refractivity contribution in [1.29, 1.82) is 0 Å². The molecular formula is C17H18FN3O2. The van der Waals surface area contributed by atoms with Crippen LogP contribution in [0.1, 0.15) is 11.3 Å². The zero-order chi connectivity index (χ0) is 15.9. The van der Waals surface area contributed by atoms with E-state index in [1.807, 2.05) is 30.3 Å². The second-order valence-corrected chi connectivity index (χ2v) is 5.05. The molecule has 2 N–H and O–H groups in total. The molecule has 2 aromatic rings. The monoisotopic (exact) mass is 315 g/mol. The molecule has 23 heavy (non-hydrogen) atoms. The standard InChI is InChI=1S/C17H18FN3O2/c18-15-11-20-17(23-12-14-7-4-10-22-14)21-16(15)19-9-8-13-5-2-1-3-6-13/h1-7,10,19H,8-9,11-12H2,(H,20,21). The van der Waals surface area contributed by atoms with Gasteiger partial charge >= 0.3 is 0 Å². The molecule has 0 radical (unpaired) electrons. The second kappa shape index (κ2) is 7.49. The van der Waals surface area contributed by atoms with Gasteiger partial charge in [-0.25, -0.2) is 4.39 Å². The molecule has 0 amide bonds. The van der Waals surface area contributed by atoms with E-state index >= 15 is 0 Å². The number of nitrogens with zero attached hydrogens (tertiary/aromatic N) is 1. The summed E-state index contributed by atoms with van der Waals surface area (Å²) in [4.78, 5) is 4.13. The number of hydrogen-bond acceptors (Lipinski definition) is 5. The van der Waals surface area contributed by atoms with E-state index in [0.29, 0.717) is 12.3 Å². The Morgan fingerprint density at radius 1 is 1.22 bits per heavy atom. The van der Waals surface area contributed by atoms with Gasteiger partial charge in [-0.05, 0) is 24.1 Å². The van der Waals surface area contributed by atoms with E-state index in [1.165, 1.54) is 5.56 Å². The molecule has 0 fully saturated rings. The van der Waals surface area contributed by atoms with Gasteiger partial charge in [-0.2, -0.15) is 4.99 Å². The number of amidine groups is 1. The van der Waals surface area contributed by atoms with Crippen LogP contribution in [0.2, 0.25) is 0 Å². The van der Waals surface area contributed by atoms with Gasteiger partial charge in [0.15, 0.2) is 11.6 Å². The van der Waals surface area contributed by atoms with Crippen LogP contribution in [0.4, 0.5) is 4.39 Å². The summed E-state index contributed by atoms with van der Waals surface area (Å²) in [5.41, 5.74) is 1.19. The first-order chi connectivity index (χ1) is 11.3. The summed E-state index contributed by atoms with van der Waals surface area (Å²) in [5.74, 6) is 0.570. The highest BCUT2D eigenvalue weighted by molar-refractivity contribution is 5.76. The molecule has 1 aliphatic heterocycles. The third kappa shape index (κ3) is 4.35. The fraction of sp³-hybridized carbons (Fsp3) is 0.235. The Kier molecular flexibility index (Phi) is 4.93. The molecule has 120 valence electrons. The zero-order valence-corrected chi connectivity index (χ0v) is 12.6. The van der Waals surface area contributed by atoms with E-state index < -0.39 is 0 Å². The molecule has 0 aliphatic carbocycles. The molecule has 0 atom stereocenters. The zero-order valence-electron chi connectivity index (χ0n) is 12.6. The van der Waals surface area contributed by atoms with Crippen molar-refractivity contribution in [3.8, 4) is 0 Å². The first-order valence-electron chi connectivity index (χ1n) is 7.45. The number of rotatable bonds is 6. The van der Waals surface area contributed by atoms with Crippen molar-refractivity contribution in [2.24, 2.45) is 4.99 Å². The molecular weight excluding hydrogens is 297 g/mol. The third-order valence-corrected chi connectivity index (χ3v) is 3.35. The van der Waals surface area contributed by atoms with Crippen LogP contribution in [0.3, 0.4) is 0 Å². The summed E-state index contributed by atoms with van der Waals surface area (Å²) in [5, 5.41) is 5.80. The largest absolute Gasteiger partial charge is 0.466 e. The molecule has 6 heteroatoms. The van der Waals surface area contributed by atoms with E-state index in [4.69, 9.17) is 9.15 Å². The van der Waals surface area contributed by atoms with Crippen LogP contribution in [-0.2, 0) is 17.8 Å². The Labute approximate surface area is 133 Å². The van der Waals surface area contributed by atoms with Crippen molar-refractivity contribution >= 4 is 6.02 Å². The van der Waals surface area contributed by atoms with Gasteiger partial charge in [-0.3, -0.25) is 0 Å². The van der Waals surface area contributed by atoms with Gasteiger partial charge in [-0.1, -0.05) is 30.3 Å². The lowest BCUT2D eigenvalue weighted by Crippen LogP contribution is -2.34. The molecule has 1 aromatic heterocycles. The quantitative estimate of drug-likeness (QED) is 0.860. The van der Waals surface area contributed by atoms with Crippen molar-refractivity contribution in [3.63, 3.8) is 0 Å². The summed E-state index contributed by atoms with van der Waals surface area (Å²) >= 11 is 0. The van der Waals surface area contributed by atoms with E-state index in [0.717, 1.165) is 6.42 Å². The highest BCUT2D eigenvalue weighted by Crippen LogP contribution is 2.11. The first-order valence-corrected chi connectivity index (χ1v) is 7.45. The number of ether oxygens (including phenoxy) is 1. The Hall–Kier alpha value is -2.76. The van der Waals surface area contributed by atoms with E-state index in [2.05, 4.69) is 15.6 Å². The summed E-state index contributed by atoms with van der Waals surface area (Å²) in [6, 6.07) is 13.9. The van der Waals surface area contributed by atoms with Crippen molar-refractivity contribution in [2.75, 3.05) is 13.1 Å². The highest BCUT2D eigenvalue weighted by atomic mass is 19.1. The maximum absolute atomic E-state index is 13.8. The van der Waals surface area contributed by atoms with Crippen molar-refractivity contribution in [1.82, 2.24) is 10.6 Å². The van der Waals surface area contributed by atoms with Crippen LogP contribution in [0, 0.1) is 0 Å². The molecule has 2 heterocycles. The number of benzene rings is 1. The Morgan fingerprint density at radius 2 is 2.09 bits per heavy atom. The number of aliphatic imine (C=N–C) groups is 1. The summed E-state index contributed by atoms with van der Waals surface area (Å²) in [6.07, 6.45) is 2.37. The van der Waals surface area contributed by atoms with Gasteiger partial charge in [0.05, 0.1) is 12.8 Å². The molecule has 0 spiro atoms. The predicted octanol–water partition coefficient (Wildman–Crippen LogP) is 2.73. The van der Waals surface area contributed by atoms with E-state index in [-0.39, 0.29) is 30.8 Å². The van der Waals surface area contributed by atoms with Gasteiger partial charge < -0.3 is 19.8 Å². The fourth-order valence-electron chi connectivity index (χ4n) is 2.16. The number of furan rings is 1. The minimum Gasteiger partial charge on any atom is -0.466 e. The summed E-state index contributed by atoms with van der Waals surface area (Å²) in [7, 11) is 0. The molecule has 3 rings (SSSR count).